The van der Waals surface area contributed by atoms with E-state index in [0.717, 1.165) is 29.4 Å². The molecule has 1 heterocycles. The summed E-state index contributed by atoms with van der Waals surface area (Å²) in [5.74, 6) is -0.748. The number of hydrogen-bond acceptors (Lipinski definition) is 2. The molecule has 2 aromatic rings. The van der Waals surface area contributed by atoms with E-state index in [1.165, 1.54) is 6.07 Å². The molecule has 0 aromatic heterocycles. The zero-order chi connectivity index (χ0) is 15.0. The number of ether oxygens (including phenoxy) is 1. The van der Waals surface area contributed by atoms with E-state index in [9.17, 15) is 8.78 Å². The first-order valence-corrected chi connectivity index (χ1v) is 7.00. The van der Waals surface area contributed by atoms with Crippen molar-refractivity contribution < 1.29 is 13.5 Å². The Morgan fingerprint density at radius 1 is 1.10 bits per heavy atom. The minimum Gasteiger partial charge on any atom is -0.490 e. The van der Waals surface area contributed by atoms with Crippen LogP contribution in [0, 0.1) is 11.6 Å². The van der Waals surface area contributed by atoms with Gasteiger partial charge in [0.2, 0.25) is 0 Å². The molecule has 0 saturated heterocycles. The molecule has 4 heteroatoms. The van der Waals surface area contributed by atoms with Crippen molar-refractivity contribution in [1.82, 2.24) is 5.32 Å². The third-order valence-corrected chi connectivity index (χ3v) is 3.82. The van der Waals surface area contributed by atoms with Gasteiger partial charge in [-0.15, -0.1) is 0 Å². The van der Waals surface area contributed by atoms with Crippen LogP contribution in [0.25, 0.3) is 0 Å². The number of nitrogens with one attached hydrogen (secondary N) is 1. The Labute approximate surface area is 122 Å². The highest BCUT2D eigenvalue weighted by Gasteiger charge is 2.21. The molecule has 0 radical (unpaired) electrons. The second-order valence-corrected chi connectivity index (χ2v) is 5.39. The van der Waals surface area contributed by atoms with Crippen LogP contribution < -0.4 is 10.1 Å². The Morgan fingerprint density at radius 2 is 1.81 bits per heavy atom. The van der Waals surface area contributed by atoms with Crippen LogP contribution in [-0.4, -0.2) is 13.2 Å². The monoisotopic (exact) mass is 289 g/mol. The third kappa shape index (κ3) is 2.63. The molecule has 2 atom stereocenters. The van der Waals surface area contributed by atoms with E-state index >= 15 is 0 Å². The summed E-state index contributed by atoms with van der Waals surface area (Å²) in [6.45, 7) is 2.03. The second kappa shape index (κ2) is 5.45. The molecule has 0 aliphatic carbocycles. The van der Waals surface area contributed by atoms with Crippen molar-refractivity contribution in [2.45, 2.75) is 25.5 Å². The summed E-state index contributed by atoms with van der Waals surface area (Å²) >= 11 is 0. The van der Waals surface area contributed by atoms with E-state index in [1.807, 2.05) is 19.1 Å². The maximum Gasteiger partial charge on any atom is 0.159 e. The van der Waals surface area contributed by atoms with Crippen molar-refractivity contribution in [1.29, 1.82) is 0 Å². The topological polar surface area (TPSA) is 21.3 Å². The van der Waals surface area contributed by atoms with E-state index in [2.05, 4.69) is 11.4 Å². The van der Waals surface area contributed by atoms with Crippen LogP contribution in [0.15, 0.2) is 36.4 Å². The third-order valence-electron chi connectivity index (χ3n) is 3.82. The van der Waals surface area contributed by atoms with E-state index in [0.29, 0.717) is 5.56 Å². The van der Waals surface area contributed by atoms with Gasteiger partial charge in [0.05, 0.1) is 6.04 Å². The highest BCUT2D eigenvalue weighted by atomic mass is 19.2. The Morgan fingerprint density at radius 3 is 2.52 bits per heavy atom. The number of rotatable bonds is 3. The molecule has 2 unspecified atom stereocenters. The minimum absolute atomic E-state index is 0.179. The fourth-order valence-electron chi connectivity index (χ4n) is 2.84. The summed E-state index contributed by atoms with van der Waals surface area (Å²) in [5.41, 5.74) is 2.87. The molecule has 0 spiro atoms. The molecule has 2 nitrogen and oxygen atoms in total. The SMILES string of the molecule is CNC(c1ccc(F)c(F)c1)c1ccc2c(c1)CC(C)O2. The minimum atomic E-state index is -0.829. The first kappa shape index (κ1) is 14.0. The van der Waals surface area contributed by atoms with Crippen LogP contribution in [0.3, 0.4) is 0 Å². The molecule has 0 amide bonds. The van der Waals surface area contributed by atoms with Gasteiger partial charge in [-0.1, -0.05) is 18.2 Å². The van der Waals surface area contributed by atoms with Gasteiger partial charge in [0, 0.05) is 6.42 Å². The summed E-state index contributed by atoms with van der Waals surface area (Å²) in [6, 6.07) is 9.79. The van der Waals surface area contributed by atoms with Crippen molar-refractivity contribution in [2.75, 3.05) is 7.05 Å². The second-order valence-electron chi connectivity index (χ2n) is 5.39. The highest BCUT2D eigenvalue weighted by Crippen LogP contribution is 2.32. The fraction of sp³-hybridized carbons (Fsp3) is 0.294. The molecular formula is C17H17F2NO. The summed E-state index contributed by atoms with van der Waals surface area (Å²) in [5, 5.41) is 3.15. The van der Waals surface area contributed by atoms with Gasteiger partial charge in [-0.3, -0.25) is 0 Å². The summed E-state index contributed by atoms with van der Waals surface area (Å²) in [7, 11) is 1.80. The zero-order valence-electron chi connectivity index (χ0n) is 12.0. The number of hydrogen-bond donors (Lipinski definition) is 1. The maximum absolute atomic E-state index is 13.4. The maximum atomic E-state index is 13.4. The molecule has 3 rings (SSSR count). The zero-order valence-corrected chi connectivity index (χ0v) is 12.0. The number of halogens is 2. The lowest BCUT2D eigenvalue weighted by Gasteiger charge is -2.18. The molecule has 1 aliphatic heterocycles. The molecule has 0 saturated carbocycles. The van der Waals surface area contributed by atoms with Crippen LogP contribution in [0.5, 0.6) is 5.75 Å². The normalized spacial score (nSPS) is 18.2. The van der Waals surface area contributed by atoms with Crippen LogP contribution >= 0.6 is 0 Å². The van der Waals surface area contributed by atoms with Gasteiger partial charge < -0.3 is 10.1 Å². The lowest BCUT2D eigenvalue weighted by molar-refractivity contribution is 0.254. The predicted octanol–water partition coefficient (Wildman–Crippen LogP) is 3.60. The molecule has 1 aliphatic rings. The molecule has 0 bridgehead atoms. The molecule has 2 aromatic carbocycles. The summed E-state index contributed by atoms with van der Waals surface area (Å²) in [6.07, 6.45) is 1.06. The fourth-order valence-corrected chi connectivity index (χ4v) is 2.84. The molecule has 0 fully saturated rings. The van der Waals surface area contributed by atoms with Crippen molar-refractivity contribution in [2.24, 2.45) is 0 Å². The first-order chi connectivity index (χ1) is 10.1. The Bertz CT molecular complexity index is 672. The van der Waals surface area contributed by atoms with Gasteiger partial charge in [-0.25, -0.2) is 8.78 Å². The predicted molar refractivity (Wildman–Crippen MR) is 77.5 cm³/mol. The number of benzene rings is 2. The van der Waals surface area contributed by atoms with E-state index < -0.39 is 11.6 Å². The highest BCUT2D eigenvalue weighted by molar-refractivity contribution is 5.44. The summed E-state index contributed by atoms with van der Waals surface area (Å²) in [4.78, 5) is 0. The van der Waals surface area contributed by atoms with Gasteiger partial charge in [0.25, 0.3) is 0 Å². The van der Waals surface area contributed by atoms with E-state index in [4.69, 9.17) is 4.74 Å². The van der Waals surface area contributed by atoms with Gasteiger partial charge in [0.15, 0.2) is 11.6 Å². The van der Waals surface area contributed by atoms with Crippen molar-refractivity contribution in [3.8, 4) is 5.75 Å². The molecule has 21 heavy (non-hydrogen) atoms. The Balaban J connectivity index is 1.97. The van der Waals surface area contributed by atoms with Crippen LogP contribution in [0.2, 0.25) is 0 Å². The van der Waals surface area contributed by atoms with Gasteiger partial charge in [0.1, 0.15) is 11.9 Å². The average Bonchev–Trinajstić information content (AvgIpc) is 2.83. The van der Waals surface area contributed by atoms with Crippen LogP contribution in [0.4, 0.5) is 8.78 Å². The van der Waals surface area contributed by atoms with E-state index in [-0.39, 0.29) is 12.1 Å². The largest absolute Gasteiger partial charge is 0.490 e. The average molecular weight is 289 g/mol. The standard InChI is InChI=1S/C17H17F2NO/c1-10-7-13-8-11(4-6-16(13)21-10)17(20-2)12-3-5-14(18)15(19)9-12/h3-6,8-10,17,20H,7H2,1-2H3. The quantitative estimate of drug-likeness (QED) is 0.932. The Kier molecular flexibility index (Phi) is 3.64. The van der Waals surface area contributed by atoms with Crippen molar-refractivity contribution >= 4 is 0 Å². The van der Waals surface area contributed by atoms with Gasteiger partial charge >= 0.3 is 0 Å². The summed E-state index contributed by atoms with van der Waals surface area (Å²) < 4.78 is 32.2. The lowest BCUT2D eigenvalue weighted by atomic mass is 9.96. The van der Waals surface area contributed by atoms with Crippen molar-refractivity contribution in [3.05, 3.63) is 64.7 Å². The first-order valence-electron chi connectivity index (χ1n) is 7.00. The van der Waals surface area contributed by atoms with Gasteiger partial charge in [-0.2, -0.15) is 0 Å². The van der Waals surface area contributed by atoms with Crippen LogP contribution in [0.1, 0.15) is 29.7 Å². The van der Waals surface area contributed by atoms with Crippen LogP contribution in [-0.2, 0) is 6.42 Å². The molecule has 1 N–H and O–H groups in total. The Hall–Kier alpha value is -1.94. The molecule has 110 valence electrons. The van der Waals surface area contributed by atoms with Gasteiger partial charge in [-0.05, 0) is 48.9 Å². The smallest absolute Gasteiger partial charge is 0.159 e. The molecular weight excluding hydrogens is 272 g/mol. The number of fused-ring (bicyclic) bond motifs is 1. The van der Waals surface area contributed by atoms with E-state index in [1.54, 1.807) is 13.1 Å². The lowest BCUT2D eigenvalue weighted by Crippen LogP contribution is -2.18. The van der Waals surface area contributed by atoms with Crippen molar-refractivity contribution in [3.63, 3.8) is 0 Å².